The van der Waals surface area contributed by atoms with Gasteiger partial charge in [-0.05, 0) is 29.7 Å². The molecule has 0 aliphatic heterocycles. The number of ether oxygens (including phenoxy) is 3. The van der Waals surface area contributed by atoms with Gasteiger partial charge in [-0.25, -0.2) is 4.98 Å². The Kier molecular flexibility index (Phi) is 5.89. The van der Waals surface area contributed by atoms with Crippen molar-refractivity contribution in [3.05, 3.63) is 30.6 Å². The SMILES string of the molecule is COc1cc(-c2cnn3c(N[C@H](CO)C(C)C)ccnc23)cc(OC)c1OC. The number of nitrogens with one attached hydrogen (secondary N) is 1. The zero-order valence-corrected chi connectivity index (χ0v) is 16.8. The Bertz CT molecular complexity index is 930. The van der Waals surface area contributed by atoms with Crippen molar-refractivity contribution in [2.75, 3.05) is 33.3 Å². The van der Waals surface area contributed by atoms with Crippen molar-refractivity contribution in [3.8, 4) is 28.4 Å². The van der Waals surface area contributed by atoms with Gasteiger partial charge in [0.15, 0.2) is 17.1 Å². The van der Waals surface area contributed by atoms with Crippen molar-refractivity contribution in [2.45, 2.75) is 19.9 Å². The number of hydrogen-bond acceptors (Lipinski definition) is 7. The number of aromatic nitrogens is 3. The maximum Gasteiger partial charge on any atom is 0.203 e. The molecular weight excluding hydrogens is 360 g/mol. The summed E-state index contributed by atoms with van der Waals surface area (Å²) in [4.78, 5) is 4.49. The third kappa shape index (κ3) is 3.55. The molecule has 0 fully saturated rings. The third-order valence-corrected chi connectivity index (χ3v) is 4.71. The molecule has 8 nitrogen and oxygen atoms in total. The van der Waals surface area contributed by atoms with Crippen molar-refractivity contribution < 1.29 is 19.3 Å². The summed E-state index contributed by atoms with van der Waals surface area (Å²) in [5.41, 5.74) is 2.35. The van der Waals surface area contributed by atoms with Gasteiger partial charge in [0, 0.05) is 11.8 Å². The summed E-state index contributed by atoms with van der Waals surface area (Å²) < 4.78 is 18.0. The Balaban J connectivity index is 2.10. The number of methoxy groups -OCH3 is 3. The highest BCUT2D eigenvalue weighted by Crippen LogP contribution is 2.41. The van der Waals surface area contributed by atoms with Crippen LogP contribution in [0.15, 0.2) is 30.6 Å². The molecule has 0 radical (unpaired) electrons. The van der Waals surface area contributed by atoms with E-state index in [1.54, 1.807) is 38.2 Å². The average molecular weight is 386 g/mol. The molecular formula is C20H26N4O4. The number of hydrogen-bond donors (Lipinski definition) is 2. The molecule has 0 aliphatic rings. The van der Waals surface area contributed by atoms with Gasteiger partial charge in [-0.15, -0.1) is 0 Å². The number of aliphatic hydroxyl groups is 1. The summed E-state index contributed by atoms with van der Waals surface area (Å²) in [5, 5.41) is 17.5. The molecule has 0 unspecified atom stereocenters. The lowest BCUT2D eigenvalue weighted by atomic mass is 10.1. The molecule has 3 aromatic rings. The molecule has 28 heavy (non-hydrogen) atoms. The van der Waals surface area contributed by atoms with Crippen LogP contribution in [0.25, 0.3) is 16.8 Å². The van der Waals surface area contributed by atoms with Crippen LogP contribution in [0.5, 0.6) is 17.2 Å². The second kappa shape index (κ2) is 8.35. The molecule has 2 N–H and O–H groups in total. The summed E-state index contributed by atoms with van der Waals surface area (Å²) in [5.74, 6) is 2.68. The van der Waals surface area contributed by atoms with Crippen LogP contribution in [-0.4, -0.2) is 53.7 Å². The molecule has 1 aromatic carbocycles. The van der Waals surface area contributed by atoms with E-state index in [1.807, 2.05) is 18.2 Å². The van der Waals surface area contributed by atoms with Gasteiger partial charge in [0.2, 0.25) is 5.75 Å². The van der Waals surface area contributed by atoms with Gasteiger partial charge in [-0.1, -0.05) is 13.8 Å². The second-order valence-corrected chi connectivity index (χ2v) is 6.72. The Morgan fingerprint density at radius 3 is 2.32 bits per heavy atom. The van der Waals surface area contributed by atoms with E-state index < -0.39 is 0 Å². The topological polar surface area (TPSA) is 90.1 Å². The Morgan fingerprint density at radius 2 is 1.79 bits per heavy atom. The van der Waals surface area contributed by atoms with E-state index in [0.717, 1.165) is 16.9 Å². The number of nitrogens with zero attached hydrogens (tertiary/aromatic N) is 3. The minimum Gasteiger partial charge on any atom is -0.493 e. The van der Waals surface area contributed by atoms with Gasteiger partial charge in [0.05, 0.1) is 40.2 Å². The molecule has 0 bridgehead atoms. The Hall–Kier alpha value is -3.00. The van der Waals surface area contributed by atoms with E-state index in [0.29, 0.717) is 22.9 Å². The predicted octanol–water partition coefficient (Wildman–Crippen LogP) is 2.85. The van der Waals surface area contributed by atoms with Crippen LogP contribution in [0.3, 0.4) is 0 Å². The molecule has 1 atom stereocenters. The third-order valence-electron chi connectivity index (χ3n) is 4.71. The van der Waals surface area contributed by atoms with Crippen LogP contribution in [0.4, 0.5) is 5.82 Å². The van der Waals surface area contributed by atoms with Crippen molar-refractivity contribution in [1.82, 2.24) is 14.6 Å². The lowest BCUT2D eigenvalue weighted by Crippen LogP contribution is -2.30. The number of aliphatic hydroxyl groups excluding tert-OH is 1. The molecule has 3 rings (SSSR count). The number of benzene rings is 1. The first-order chi connectivity index (χ1) is 13.5. The molecule has 0 saturated carbocycles. The Morgan fingerprint density at radius 1 is 1.11 bits per heavy atom. The van der Waals surface area contributed by atoms with Gasteiger partial charge in [-0.3, -0.25) is 0 Å². The van der Waals surface area contributed by atoms with Crippen molar-refractivity contribution >= 4 is 11.5 Å². The minimum absolute atomic E-state index is 0.0302. The summed E-state index contributed by atoms with van der Waals surface area (Å²) >= 11 is 0. The summed E-state index contributed by atoms with van der Waals surface area (Å²) in [6, 6.07) is 5.49. The van der Waals surface area contributed by atoms with Crippen LogP contribution in [-0.2, 0) is 0 Å². The van der Waals surface area contributed by atoms with E-state index in [9.17, 15) is 5.11 Å². The summed E-state index contributed by atoms with van der Waals surface area (Å²) in [7, 11) is 4.73. The summed E-state index contributed by atoms with van der Waals surface area (Å²) in [6.45, 7) is 4.13. The molecule has 2 heterocycles. The van der Waals surface area contributed by atoms with Crippen LogP contribution < -0.4 is 19.5 Å². The second-order valence-electron chi connectivity index (χ2n) is 6.72. The normalized spacial score (nSPS) is 12.2. The van der Waals surface area contributed by atoms with Crippen LogP contribution in [0, 0.1) is 5.92 Å². The zero-order valence-electron chi connectivity index (χ0n) is 16.8. The first-order valence-corrected chi connectivity index (χ1v) is 9.04. The fourth-order valence-corrected chi connectivity index (χ4v) is 3.05. The predicted molar refractivity (Wildman–Crippen MR) is 107 cm³/mol. The van der Waals surface area contributed by atoms with E-state index in [-0.39, 0.29) is 18.6 Å². The molecule has 0 aliphatic carbocycles. The van der Waals surface area contributed by atoms with Gasteiger partial charge in [0.1, 0.15) is 5.82 Å². The molecule has 0 amide bonds. The molecule has 150 valence electrons. The van der Waals surface area contributed by atoms with E-state index in [2.05, 4.69) is 29.2 Å². The standard InChI is InChI=1S/C20H26N4O4/c1-12(2)15(11-25)23-18-6-7-21-20-14(10-22-24(18)20)13-8-16(26-3)19(28-5)17(9-13)27-4/h6-10,12,15,23,25H,11H2,1-5H3/t15-/m1/s1. The number of rotatable bonds is 8. The maximum absolute atomic E-state index is 9.63. The zero-order chi connectivity index (χ0) is 20.3. The van der Waals surface area contributed by atoms with Crippen LogP contribution in [0.1, 0.15) is 13.8 Å². The van der Waals surface area contributed by atoms with Crippen LogP contribution in [0.2, 0.25) is 0 Å². The van der Waals surface area contributed by atoms with E-state index in [1.165, 1.54) is 0 Å². The molecule has 0 spiro atoms. The summed E-state index contributed by atoms with van der Waals surface area (Å²) in [6.07, 6.45) is 3.47. The largest absolute Gasteiger partial charge is 0.493 e. The highest BCUT2D eigenvalue weighted by molar-refractivity contribution is 5.81. The first kappa shape index (κ1) is 19.8. The van der Waals surface area contributed by atoms with Gasteiger partial charge < -0.3 is 24.6 Å². The average Bonchev–Trinajstić information content (AvgIpc) is 3.15. The molecule has 2 aromatic heterocycles. The maximum atomic E-state index is 9.63. The van der Waals surface area contributed by atoms with Crippen molar-refractivity contribution in [1.29, 1.82) is 0 Å². The van der Waals surface area contributed by atoms with Crippen molar-refractivity contribution in [3.63, 3.8) is 0 Å². The van der Waals surface area contributed by atoms with Gasteiger partial charge in [-0.2, -0.15) is 9.61 Å². The van der Waals surface area contributed by atoms with E-state index in [4.69, 9.17) is 14.2 Å². The van der Waals surface area contributed by atoms with Gasteiger partial charge in [0.25, 0.3) is 0 Å². The van der Waals surface area contributed by atoms with Gasteiger partial charge >= 0.3 is 0 Å². The monoisotopic (exact) mass is 386 g/mol. The number of anilines is 1. The fraction of sp³-hybridized carbons (Fsp3) is 0.400. The minimum atomic E-state index is -0.0839. The molecule has 8 heteroatoms. The Labute approximate surface area is 164 Å². The highest BCUT2D eigenvalue weighted by atomic mass is 16.5. The number of fused-ring (bicyclic) bond motifs is 1. The van der Waals surface area contributed by atoms with E-state index >= 15 is 0 Å². The quantitative estimate of drug-likeness (QED) is 0.615. The smallest absolute Gasteiger partial charge is 0.203 e. The highest BCUT2D eigenvalue weighted by Gasteiger charge is 2.19. The first-order valence-electron chi connectivity index (χ1n) is 9.04. The lowest BCUT2D eigenvalue weighted by Gasteiger charge is -2.21. The fourth-order valence-electron chi connectivity index (χ4n) is 3.05. The molecule has 0 saturated heterocycles. The van der Waals surface area contributed by atoms with Crippen LogP contribution >= 0.6 is 0 Å². The van der Waals surface area contributed by atoms with Crippen molar-refractivity contribution in [2.24, 2.45) is 5.92 Å². The lowest BCUT2D eigenvalue weighted by molar-refractivity contribution is 0.249.